The van der Waals surface area contributed by atoms with Crippen LogP contribution in [0.4, 0.5) is 0 Å². The number of nitrogens with one attached hydrogen (secondary N) is 2. The Balaban J connectivity index is 1.80. The molecular formula is C12H15N5O3S. The number of nitrogens with zero attached hydrogens (tertiary/aromatic N) is 2. The molecular weight excluding hydrogens is 294 g/mol. The Morgan fingerprint density at radius 1 is 1.48 bits per heavy atom. The van der Waals surface area contributed by atoms with Gasteiger partial charge >= 0.3 is 5.69 Å². The summed E-state index contributed by atoms with van der Waals surface area (Å²) in [6, 6.07) is 6.64. The van der Waals surface area contributed by atoms with Crippen molar-refractivity contribution in [2.24, 2.45) is 12.9 Å². The van der Waals surface area contributed by atoms with Gasteiger partial charge in [0.1, 0.15) is 5.75 Å². The summed E-state index contributed by atoms with van der Waals surface area (Å²) < 4.78 is 6.97. The van der Waals surface area contributed by atoms with Crippen LogP contribution in [0, 0.1) is 0 Å². The molecule has 0 aliphatic heterocycles. The summed E-state index contributed by atoms with van der Waals surface area (Å²) in [6.45, 7) is 0.453. The maximum absolute atomic E-state index is 11.3. The Morgan fingerprint density at radius 2 is 2.19 bits per heavy atom. The molecule has 0 saturated carbocycles. The van der Waals surface area contributed by atoms with Gasteiger partial charge in [0.15, 0.2) is 5.16 Å². The van der Waals surface area contributed by atoms with Crippen molar-refractivity contribution in [2.45, 2.75) is 5.16 Å². The molecule has 9 heteroatoms. The number of carbonyl (C=O) groups excluding carboxylic acids is 1. The molecule has 0 saturated heterocycles. The second-order valence-corrected chi connectivity index (χ2v) is 5.13. The number of ether oxygens (including phenoxy) is 1. The zero-order chi connectivity index (χ0) is 15.2. The summed E-state index contributed by atoms with van der Waals surface area (Å²) in [7, 11) is 1.65. The second-order valence-electron chi connectivity index (χ2n) is 4.07. The first-order valence-corrected chi connectivity index (χ1v) is 7.08. The average molecular weight is 309 g/mol. The highest BCUT2D eigenvalue weighted by atomic mass is 32.2. The molecule has 1 amide bonds. The number of nitrogens with two attached hydrogens (primary N) is 1. The minimum Gasteiger partial charge on any atom is -0.493 e. The lowest BCUT2D eigenvalue weighted by molar-refractivity contribution is 0.0953. The molecule has 0 radical (unpaired) electrons. The molecule has 0 fully saturated rings. The van der Waals surface area contributed by atoms with E-state index < -0.39 is 0 Å². The van der Waals surface area contributed by atoms with Crippen molar-refractivity contribution < 1.29 is 9.53 Å². The number of benzene rings is 1. The first-order valence-electron chi connectivity index (χ1n) is 6.10. The number of rotatable bonds is 6. The predicted molar refractivity (Wildman–Crippen MR) is 78.1 cm³/mol. The molecule has 2 aromatic rings. The quantitative estimate of drug-likeness (QED) is 0.225. The Bertz CT molecular complexity index is 664. The molecule has 21 heavy (non-hydrogen) atoms. The highest BCUT2D eigenvalue weighted by molar-refractivity contribution is 7.99. The molecule has 0 aliphatic rings. The molecule has 1 heterocycles. The van der Waals surface area contributed by atoms with Gasteiger partial charge in [0.05, 0.1) is 6.61 Å². The lowest BCUT2D eigenvalue weighted by Crippen LogP contribution is -2.29. The number of thioether (sulfide) groups is 1. The zero-order valence-corrected chi connectivity index (χ0v) is 12.1. The third-order valence-electron chi connectivity index (χ3n) is 2.67. The normalized spacial score (nSPS) is 10.4. The number of nitrogen functional groups attached to an aromatic ring is 1. The van der Waals surface area contributed by atoms with E-state index in [0.717, 1.165) is 0 Å². The van der Waals surface area contributed by atoms with Crippen LogP contribution >= 0.6 is 11.8 Å². The highest BCUT2D eigenvalue weighted by Gasteiger charge is 2.05. The summed E-state index contributed by atoms with van der Waals surface area (Å²) in [5.74, 6) is 5.99. The van der Waals surface area contributed by atoms with Crippen LogP contribution in [0.2, 0.25) is 0 Å². The van der Waals surface area contributed by atoms with E-state index >= 15 is 0 Å². The maximum Gasteiger partial charge on any atom is 0.343 e. The first kappa shape index (κ1) is 15.1. The van der Waals surface area contributed by atoms with Gasteiger partial charge in [-0.05, 0) is 24.3 Å². The fourth-order valence-electron chi connectivity index (χ4n) is 1.54. The minimum atomic E-state index is -0.350. The largest absolute Gasteiger partial charge is 0.493 e. The van der Waals surface area contributed by atoms with Crippen LogP contribution in [0.25, 0.3) is 0 Å². The number of carbonyl (C=O) groups is 1. The Kier molecular flexibility index (Phi) is 5.01. The van der Waals surface area contributed by atoms with E-state index in [2.05, 4.69) is 15.6 Å². The third kappa shape index (κ3) is 3.86. The predicted octanol–water partition coefficient (Wildman–Crippen LogP) is -0.117. The van der Waals surface area contributed by atoms with Crippen molar-refractivity contribution in [3.05, 3.63) is 40.3 Å². The Labute approximate surface area is 124 Å². The van der Waals surface area contributed by atoms with Crippen LogP contribution in [0.15, 0.2) is 34.2 Å². The lowest BCUT2D eigenvalue weighted by Gasteiger charge is -2.06. The van der Waals surface area contributed by atoms with Crippen LogP contribution in [-0.4, -0.2) is 33.0 Å². The van der Waals surface area contributed by atoms with E-state index in [0.29, 0.717) is 28.8 Å². The Morgan fingerprint density at radius 3 is 2.76 bits per heavy atom. The highest BCUT2D eigenvalue weighted by Crippen LogP contribution is 2.15. The maximum atomic E-state index is 11.3. The van der Waals surface area contributed by atoms with Crippen LogP contribution in [0.1, 0.15) is 10.4 Å². The summed E-state index contributed by atoms with van der Waals surface area (Å²) in [5, 5.41) is 6.85. The number of hydrogen-bond acceptors (Lipinski definition) is 6. The van der Waals surface area contributed by atoms with E-state index in [9.17, 15) is 9.59 Å². The van der Waals surface area contributed by atoms with Crippen molar-refractivity contribution in [2.75, 3.05) is 12.4 Å². The number of H-pyrrole nitrogens is 1. The Hall–Kier alpha value is -2.26. The molecule has 1 aromatic carbocycles. The van der Waals surface area contributed by atoms with Gasteiger partial charge in [-0.25, -0.2) is 15.7 Å². The monoisotopic (exact) mass is 309 g/mol. The standard InChI is InChI=1S/C12H15N5O3S/c1-17-11(19)15-16-12(17)21-7-6-20-9-4-2-8(3-5-9)10(18)14-13/h2-5H,6-7,13H2,1H3,(H,14,18)(H,15,19). The fraction of sp³-hybridized carbons (Fsp3) is 0.250. The zero-order valence-electron chi connectivity index (χ0n) is 11.3. The third-order valence-corrected chi connectivity index (χ3v) is 3.66. The molecule has 0 bridgehead atoms. The molecule has 8 nitrogen and oxygen atoms in total. The molecule has 4 N–H and O–H groups in total. The summed E-state index contributed by atoms with van der Waals surface area (Å²) in [4.78, 5) is 22.4. The number of aromatic nitrogens is 3. The van der Waals surface area contributed by atoms with Crippen LogP contribution < -0.4 is 21.7 Å². The minimum absolute atomic E-state index is 0.243. The van der Waals surface area contributed by atoms with Crippen molar-refractivity contribution in [3.63, 3.8) is 0 Å². The molecule has 0 atom stereocenters. The summed E-state index contributed by atoms with van der Waals surface area (Å²) in [5.41, 5.74) is 2.28. The average Bonchev–Trinajstić information content (AvgIpc) is 2.83. The SMILES string of the molecule is Cn1c(SCCOc2ccc(C(=O)NN)cc2)n[nH]c1=O. The van der Waals surface area contributed by atoms with Crippen LogP contribution in [0.5, 0.6) is 5.75 Å². The summed E-state index contributed by atoms with van der Waals surface area (Å²) >= 11 is 1.41. The first-order chi connectivity index (χ1) is 10.1. The van der Waals surface area contributed by atoms with Crippen LogP contribution in [-0.2, 0) is 7.05 Å². The van der Waals surface area contributed by atoms with Crippen molar-refractivity contribution in [3.8, 4) is 5.75 Å². The van der Waals surface area contributed by atoms with E-state index in [1.165, 1.54) is 16.3 Å². The van der Waals surface area contributed by atoms with E-state index in [-0.39, 0.29) is 11.6 Å². The number of hydrazine groups is 1. The molecule has 0 unspecified atom stereocenters. The van der Waals surface area contributed by atoms with Gasteiger partial charge < -0.3 is 4.74 Å². The van der Waals surface area contributed by atoms with Gasteiger partial charge in [-0.3, -0.25) is 14.8 Å². The van der Waals surface area contributed by atoms with Gasteiger partial charge in [0.2, 0.25) is 0 Å². The van der Waals surface area contributed by atoms with Crippen molar-refractivity contribution in [1.82, 2.24) is 20.2 Å². The van der Waals surface area contributed by atoms with E-state index in [1.807, 2.05) is 0 Å². The van der Waals surface area contributed by atoms with Crippen LogP contribution in [0.3, 0.4) is 0 Å². The van der Waals surface area contributed by atoms with Gasteiger partial charge in [-0.1, -0.05) is 11.8 Å². The fourth-order valence-corrected chi connectivity index (χ4v) is 2.28. The molecule has 112 valence electrons. The molecule has 2 rings (SSSR count). The number of amides is 1. The van der Waals surface area contributed by atoms with Crippen molar-refractivity contribution >= 4 is 17.7 Å². The lowest BCUT2D eigenvalue weighted by atomic mass is 10.2. The molecule has 0 aliphatic carbocycles. The molecule has 1 aromatic heterocycles. The van der Waals surface area contributed by atoms with E-state index in [1.54, 1.807) is 31.3 Å². The summed E-state index contributed by atoms with van der Waals surface area (Å²) in [6.07, 6.45) is 0. The topological polar surface area (TPSA) is 115 Å². The smallest absolute Gasteiger partial charge is 0.343 e. The number of hydrogen-bond donors (Lipinski definition) is 3. The van der Waals surface area contributed by atoms with Gasteiger partial charge in [0.25, 0.3) is 5.91 Å². The van der Waals surface area contributed by atoms with Crippen molar-refractivity contribution in [1.29, 1.82) is 0 Å². The van der Waals surface area contributed by atoms with Gasteiger partial charge in [0, 0.05) is 18.4 Å². The van der Waals surface area contributed by atoms with Gasteiger partial charge in [-0.15, -0.1) is 5.10 Å². The second kappa shape index (κ2) is 6.95. The van der Waals surface area contributed by atoms with Gasteiger partial charge in [-0.2, -0.15) is 0 Å². The molecule has 0 spiro atoms. The number of aromatic amines is 1. The van der Waals surface area contributed by atoms with E-state index in [4.69, 9.17) is 10.6 Å².